The van der Waals surface area contributed by atoms with Crippen molar-refractivity contribution in [3.05, 3.63) is 24.3 Å². The van der Waals surface area contributed by atoms with E-state index in [4.69, 9.17) is 0 Å². The van der Waals surface area contributed by atoms with Crippen LogP contribution >= 0.6 is 0 Å². The molecule has 9 heavy (non-hydrogen) atoms. The molecule has 0 saturated carbocycles. The van der Waals surface area contributed by atoms with Crippen molar-refractivity contribution < 1.29 is 0 Å². The summed E-state index contributed by atoms with van der Waals surface area (Å²) in [7, 11) is 0. The van der Waals surface area contributed by atoms with Gasteiger partial charge in [0.25, 0.3) is 0 Å². The first kappa shape index (κ1) is 6.60. The van der Waals surface area contributed by atoms with E-state index in [0.29, 0.717) is 0 Å². The first-order valence-electron chi connectivity index (χ1n) is 3.82. The summed E-state index contributed by atoms with van der Waals surface area (Å²) in [5.74, 6) is 0. The van der Waals surface area contributed by atoms with Crippen LogP contribution in [0, 0.1) is 0 Å². The van der Waals surface area contributed by atoms with Gasteiger partial charge < -0.3 is 0 Å². The van der Waals surface area contributed by atoms with Gasteiger partial charge in [-0.25, -0.2) is 0 Å². The van der Waals surface area contributed by atoms with Gasteiger partial charge in [-0.3, -0.25) is 0 Å². The lowest BCUT2D eigenvalue weighted by molar-refractivity contribution is 0.698. The zero-order valence-corrected chi connectivity index (χ0v) is 5.84. The van der Waals surface area contributed by atoms with Crippen LogP contribution in [0.1, 0.15) is 32.1 Å². The van der Waals surface area contributed by atoms with Crippen LogP contribution in [0.4, 0.5) is 0 Å². The van der Waals surface area contributed by atoms with Crippen LogP contribution in [0.2, 0.25) is 0 Å². The molecule has 0 fully saturated rings. The van der Waals surface area contributed by atoms with Crippen molar-refractivity contribution in [2.45, 2.75) is 32.1 Å². The second-order valence-corrected chi connectivity index (χ2v) is 2.49. The summed E-state index contributed by atoms with van der Waals surface area (Å²) in [6.45, 7) is 0. The number of hydrogen-bond acceptors (Lipinski definition) is 0. The van der Waals surface area contributed by atoms with Gasteiger partial charge in [-0.2, -0.15) is 0 Å². The highest BCUT2D eigenvalue weighted by atomic mass is 13.9. The summed E-state index contributed by atoms with van der Waals surface area (Å²) in [6.07, 6.45) is 15.5. The maximum Gasteiger partial charge on any atom is -0.0348 e. The van der Waals surface area contributed by atoms with E-state index in [0.717, 1.165) is 0 Å². The molecule has 0 N–H and O–H groups in total. The summed E-state index contributed by atoms with van der Waals surface area (Å²) in [5.41, 5.74) is 0. The molecule has 0 radical (unpaired) electrons. The van der Waals surface area contributed by atoms with Gasteiger partial charge in [0.2, 0.25) is 0 Å². The van der Waals surface area contributed by atoms with Crippen molar-refractivity contribution in [1.29, 1.82) is 0 Å². The monoisotopic (exact) mass is 122 g/mol. The number of allylic oxidation sites excluding steroid dienone is 4. The average Bonchev–Trinajstić information content (AvgIpc) is 2.00. The van der Waals surface area contributed by atoms with Crippen molar-refractivity contribution in [2.75, 3.05) is 0 Å². The lowest BCUT2D eigenvalue weighted by Gasteiger charge is -1.91. The molecule has 0 aromatic rings. The molecule has 50 valence electrons. The van der Waals surface area contributed by atoms with Crippen LogP contribution in [-0.4, -0.2) is 0 Å². The van der Waals surface area contributed by atoms with Gasteiger partial charge in [0.05, 0.1) is 0 Å². The van der Waals surface area contributed by atoms with Gasteiger partial charge in [-0.1, -0.05) is 30.7 Å². The normalized spacial score (nSPS) is 24.0. The van der Waals surface area contributed by atoms with E-state index in [2.05, 4.69) is 24.3 Å². The van der Waals surface area contributed by atoms with Gasteiger partial charge in [-0.15, -0.1) is 0 Å². The highest BCUT2D eigenvalue weighted by molar-refractivity contribution is 5.02. The molecule has 0 bridgehead atoms. The van der Waals surface area contributed by atoms with E-state index in [9.17, 15) is 0 Å². The van der Waals surface area contributed by atoms with Crippen LogP contribution < -0.4 is 0 Å². The van der Waals surface area contributed by atoms with Gasteiger partial charge in [0.15, 0.2) is 0 Å². The minimum atomic E-state index is 1.27. The zero-order valence-electron chi connectivity index (χ0n) is 5.84. The molecule has 0 aromatic carbocycles. The Morgan fingerprint density at radius 1 is 0.667 bits per heavy atom. The first-order valence-corrected chi connectivity index (χ1v) is 3.82. The Labute approximate surface area is 57.3 Å². The molecule has 0 saturated heterocycles. The van der Waals surface area contributed by atoms with E-state index in [1.807, 2.05) is 0 Å². The van der Waals surface area contributed by atoms with Crippen molar-refractivity contribution in [1.82, 2.24) is 0 Å². The van der Waals surface area contributed by atoms with E-state index in [-0.39, 0.29) is 0 Å². The SMILES string of the molecule is C1=CCCCCC/C=C/1. The molecule has 0 nitrogen and oxygen atoms in total. The molecule has 1 rings (SSSR count). The Morgan fingerprint density at radius 3 is 1.78 bits per heavy atom. The quantitative estimate of drug-likeness (QED) is 0.463. The summed E-state index contributed by atoms with van der Waals surface area (Å²) >= 11 is 0. The van der Waals surface area contributed by atoms with Gasteiger partial charge in [-0.05, 0) is 25.7 Å². The molecule has 0 spiro atoms. The van der Waals surface area contributed by atoms with Crippen LogP contribution in [0.5, 0.6) is 0 Å². The minimum absolute atomic E-state index is 1.27. The molecule has 0 aromatic heterocycles. The fourth-order valence-corrected chi connectivity index (χ4v) is 1.05. The maximum atomic E-state index is 2.25. The Balaban J connectivity index is 2.28. The standard InChI is InChI=1S/C9H14/c1-2-4-6-8-9-7-5-3-1/h1-4H,5-9H2/b3-1+,4-2?. The van der Waals surface area contributed by atoms with Gasteiger partial charge in [0.1, 0.15) is 0 Å². The Morgan fingerprint density at radius 2 is 1.22 bits per heavy atom. The van der Waals surface area contributed by atoms with E-state index in [1.165, 1.54) is 32.1 Å². The van der Waals surface area contributed by atoms with Crippen molar-refractivity contribution in [2.24, 2.45) is 0 Å². The molecule has 0 heterocycles. The lowest BCUT2D eigenvalue weighted by atomic mass is 10.1. The second-order valence-electron chi connectivity index (χ2n) is 2.49. The van der Waals surface area contributed by atoms with Gasteiger partial charge >= 0.3 is 0 Å². The molecule has 1 aliphatic rings. The van der Waals surface area contributed by atoms with Crippen molar-refractivity contribution in [3.63, 3.8) is 0 Å². The van der Waals surface area contributed by atoms with E-state index < -0.39 is 0 Å². The summed E-state index contributed by atoms with van der Waals surface area (Å²) in [5, 5.41) is 0. The predicted octanol–water partition coefficient (Wildman–Crippen LogP) is 3.06. The molecule has 0 atom stereocenters. The van der Waals surface area contributed by atoms with Crippen LogP contribution in [0.25, 0.3) is 0 Å². The lowest BCUT2D eigenvalue weighted by Crippen LogP contribution is -1.72. The van der Waals surface area contributed by atoms with Gasteiger partial charge in [0, 0.05) is 0 Å². The topological polar surface area (TPSA) is 0 Å². The third kappa shape index (κ3) is 3.12. The third-order valence-corrected chi connectivity index (χ3v) is 1.62. The highest BCUT2D eigenvalue weighted by Crippen LogP contribution is 2.06. The third-order valence-electron chi connectivity index (χ3n) is 1.62. The smallest absolute Gasteiger partial charge is 0.0348 e. The Kier molecular flexibility index (Phi) is 3.20. The summed E-state index contributed by atoms with van der Waals surface area (Å²) in [6, 6.07) is 0. The average molecular weight is 122 g/mol. The highest BCUT2D eigenvalue weighted by Gasteiger charge is 1.86. The maximum absolute atomic E-state index is 2.25. The Hall–Kier alpha value is -0.520. The second kappa shape index (κ2) is 4.37. The van der Waals surface area contributed by atoms with Crippen LogP contribution in [-0.2, 0) is 0 Å². The molecule has 0 unspecified atom stereocenters. The zero-order chi connectivity index (χ0) is 6.36. The minimum Gasteiger partial charge on any atom is -0.0845 e. The molecule has 0 amide bonds. The number of rotatable bonds is 0. The summed E-state index contributed by atoms with van der Waals surface area (Å²) < 4.78 is 0. The number of hydrogen-bond donors (Lipinski definition) is 0. The van der Waals surface area contributed by atoms with Crippen LogP contribution in [0.15, 0.2) is 24.3 Å². The predicted molar refractivity (Wildman–Crippen MR) is 41.4 cm³/mol. The fraction of sp³-hybridized carbons (Fsp3) is 0.556. The van der Waals surface area contributed by atoms with Crippen molar-refractivity contribution in [3.8, 4) is 0 Å². The van der Waals surface area contributed by atoms with E-state index >= 15 is 0 Å². The van der Waals surface area contributed by atoms with Crippen molar-refractivity contribution >= 4 is 0 Å². The van der Waals surface area contributed by atoms with E-state index in [1.54, 1.807) is 0 Å². The fourth-order valence-electron chi connectivity index (χ4n) is 1.05. The summed E-state index contributed by atoms with van der Waals surface area (Å²) in [4.78, 5) is 0. The first-order chi connectivity index (χ1) is 4.50. The molecule has 0 aliphatic heterocycles. The Bertz CT molecular complexity index is 95.2. The largest absolute Gasteiger partial charge is 0.0845 e. The molecular weight excluding hydrogens is 108 g/mol. The molecule has 0 heteroatoms. The molecular formula is C9H14. The molecule has 1 aliphatic carbocycles. The van der Waals surface area contributed by atoms with Crippen LogP contribution in [0.3, 0.4) is 0 Å².